The van der Waals surface area contributed by atoms with Gasteiger partial charge in [-0.2, -0.15) is 0 Å². The molecule has 86 valence electrons. The Kier molecular flexibility index (Phi) is 9.14. The van der Waals surface area contributed by atoms with Gasteiger partial charge in [-0.05, 0) is 12.8 Å². The molecule has 2 unspecified atom stereocenters. The Bertz CT molecular complexity index is 130. The van der Waals surface area contributed by atoms with E-state index in [1.165, 1.54) is 12.8 Å². The molecule has 0 aliphatic rings. The molecule has 0 heterocycles. The average molecular weight is 252 g/mol. The first-order valence-electron chi connectivity index (χ1n) is 5.49. The van der Waals surface area contributed by atoms with Gasteiger partial charge < -0.3 is 12.8 Å². The summed E-state index contributed by atoms with van der Waals surface area (Å²) in [6.45, 7) is 9.08. The van der Waals surface area contributed by atoms with Crippen molar-refractivity contribution < 1.29 is 8.23 Å². The summed E-state index contributed by atoms with van der Waals surface area (Å²) < 4.78 is 13.5. The highest BCUT2D eigenvalue weighted by Gasteiger charge is 2.17. The number of hydrogen-bond acceptors (Lipinski definition) is 3. The first-order valence-corrected chi connectivity index (χ1v) is 8.67. The van der Waals surface area contributed by atoms with Crippen LogP contribution in [0.3, 0.4) is 0 Å². The van der Waals surface area contributed by atoms with Crippen molar-refractivity contribution >= 4 is 30.4 Å². The van der Waals surface area contributed by atoms with Crippen LogP contribution in [0.15, 0.2) is 0 Å². The number of nitrogens with zero attached hydrogens (tertiary/aromatic N) is 1. The largest absolute Gasteiger partial charge is 0.449 e. The summed E-state index contributed by atoms with van der Waals surface area (Å²) in [6.07, 6.45) is 2.42. The molecular weight excluding hydrogens is 226 g/mol. The van der Waals surface area contributed by atoms with E-state index in [1.807, 2.05) is 0 Å². The quantitative estimate of drug-likeness (QED) is 0.416. The van der Waals surface area contributed by atoms with E-state index in [-0.39, 0.29) is 0 Å². The van der Waals surface area contributed by atoms with E-state index in [0.29, 0.717) is 12.1 Å². The van der Waals surface area contributed by atoms with E-state index >= 15 is 0 Å². The summed E-state index contributed by atoms with van der Waals surface area (Å²) in [5, 5.41) is 0. The molecule has 0 fully saturated rings. The fourth-order valence-corrected chi connectivity index (χ4v) is 5.72. The van der Waals surface area contributed by atoms with E-state index in [4.69, 9.17) is 8.23 Å². The van der Waals surface area contributed by atoms with E-state index < -0.39 is 19.9 Å². The lowest BCUT2D eigenvalue weighted by Gasteiger charge is -2.33. The Balaban J connectivity index is 3.97. The molecule has 0 spiro atoms. The van der Waals surface area contributed by atoms with Crippen molar-refractivity contribution in [1.29, 1.82) is 0 Å². The molecule has 14 heavy (non-hydrogen) atoms. The molecule has 0 aliphatic heterocycles. The molecule has 2 atom stereocenters. The highest BCUT2D eigenvalue weighted by atomic mass is 28.3. The molecule has 0 aromatic rings. The molecule has 0 amide bonds. The minimum atomic E-state index is -0.619. The lowest BCUT2D eigenvalue weighted by molar-refractivity contribution is 0.243. The average Bonchev–Trinajstić information content (AvgIpc) is 2.22. The summed E-state index contributed by atoms with van der Waals surface area (Å²) in [7, 11) is -0.295. The fourth-order valence-electron chi connectivity index (χ4n) is 1.38. The predicted molar refractivity (Wildman–Crippen MR) is 70.5 cm³/mol. The zero-order valence-corrected chi connectivity index (χ0v) is 15.1. The third kappa shape index (κ3) is 5.42. The van der Waals surface area contributed by atoms with Gasteiger partial charge in [-0.15, -0.1) is 0 Å². The van der Waals surface area contributed by atoms with Crippen molar-refractivity contribution in [3.05, 3.63) is 0 Å². The highest BCUT2D eigenvalue weighted by Crippen LogP contribution is 2.09. The lowest BCUT2D eigenvalue weighted by atomic mass is 10.2. The second-order valence-electron chi connectivity index (χ2n) is 3.77. The summed E-state index contributed by atoms with van der Waals surface area (Å²) in [4.78, 5) is 0. The maximum atomic E-state index is 5.71. The first kappa shape index (κ1) is 14.5. The minimum absolute atomic E-state index is 0.510. The molecule has 6 heteroatoms. The molecule has 3 nitrogen and oxygen atoms in total. The molecule has 0 rings (SSSR count). The van der Waals surface area contributed by atoms with Gasteiger partial charge in [0.1, 0.15) is 10.5 Å². The normalized spacial score (nSPS) is 17.8. The van der Waals surface area contributed by atoms with Crippen LogP contribution >= 0.6 is 0 Å². The van der Waals surface area contributed by atoms with E-state index in [0.717, 1.165) is 10.5 Å². The molecule has 0 radical (unpaired) electrons. The zero-order valence-electron chi connectivity index (χ0n) is 10.2. The monoisotopic (exact) mass is 251 g/mol. The van der Waals surface area contributed by atoms with Crippen molar-refractivity contribution in [1.82, 2.24) is 4.57 Å². The van der Waals surface area contributed by atoms with Crippen LogP contribution < -0.4 is 0 Å². The van der Waals surface area contributed by atoms with Gasteiger partial charge in [0.2, 0.25) is 9.92 Å². The molecule has 0 aliphatic carbocycles. The van der Waals surface area contributed by atoms with Crippen LogP contribution in [-0.2, 0) is 8.23 Å². The summed E-state index contributed by atoms with van der Waals surface area (Å²) >= 11 is 0. The third-order valence-corrected chi connectivity index (χ3v) is 6.64. The molecule has 0 saturated carbocycles. The van der Waals surface area contributed by atoms with Crippen LogP contribution in [0.5, 0.6) is 0 Å². The van der Waals surface area contributed by atoms with Crippen molar-refractivity contribution in [2.75, 3.05) is 0 Å². The van der Waals surface area contributed by atoms with Gasteiger partial charge in [-0.1, -0.05) is 27.7 Å². The smallest absolute Gasteiger partial charge is 0.283 e. The van der Waals surface area contributed by atoms with Crippen LogP contribution in [0, 0.1) is 0 Å². The summed E-state index contributed by atoms with van der Waals surface area (Å²) in [5.41, 5.74) is 0. The van der Waals surface area contributed by atoms with Gasteiger partial charge in [0.15, 0.2) is 0 Å². The Hall–Kier alpha value is 0.531. The van der Waals surface area contributed by atoms with Crippen LogP contribution in [0.1, 0.15) is 40.5 Å². The second-order valence-corrected chi connectivity index (χ2v) is 8.94. The Labute approximate surface area is 96.2 Å². The predicted octanol–water partition coefficient (Wildman–Crippen LogP) is -0.803. The second kappa shape index (κ2) is 8.81. The van der Waals surface area contributed by atoms with Gasteiger partial charge in [0.05, 0.1) is 0 Å². The van der Waals surface area contributed by atoms with E-state index in [1.54, 1.807) is 0 Å². The van der Waals surface area contributed by atoms with Crippen molar-refractivity contribution in [2.45, 2.75) is 52.6 Å². The SMILES string of the molecule is CCC(C)N([SiH2]O[SiH2]O[SiH3])C(C)CC. The Morgan fingerprint density at radius 1 is 1.21 bits per heavy atom. The molecule has 0 N–H and O–H groups in total. The van der Waals surface area contributed by atoms with Crippen molar-refractivity contribution in [3.8, 4) is 0 Å². The molecular formula is C8H25NO2Si3. The van der Waals surface area contributed by atoms with Gasteiger partial charge in [0, 0.05) is 12.1 Å². The molecule has 0 aromatic heterocycles. The standard InChI is InChI=1S/C8H25NO2Si3/c1-5-7(3)9(8(4)6-2)13-11-14-10-12/h7-8H,5-6,13-14H2,1-4,12H3. The fraction of sp³-hybridized carbons (Fsp3) is 1.00. The maximum Gasteiger partial charge on any atom is 0.283 e. The highest BCUT2D eigenvalue weighted by molar-refractivity contribution is 6.40. The Morgan fingerprint density at radius 2 is 1.71 bits per heavy atom. The van der Waals surface area contributed by atoms with Gasteiger partial charge in [0.25, 0.3) is 10.0 Å². The maximum absolute atomic E-state index is 5.71. The van der Waals surface area contributed by atoms with Crippen LogP contribution in [0.4, 0.5) is 0 Å². The number of rotatable bonds is 8. The third-order valence-electron chi connectivity index (χ3n) is 2.76. The van der Waals surface area contributed by atoms with Crippen molar-refractivity contribution in [3.63, 3.8) is 0 Å². The van der Waals surface area contributed by atoms with Gasteiger partial charge in [-0.25, -0.2) is 0 Å². The minimum Gasteiger partial charge on any atom is -0.449 e. The molecule has 0 saturated heterocycles. The van der Waals surface area contributed by atoms with Gasteiger partial charge in [-0.3, -0.25) is 0 Å². The topological polar surface area (TPSA) is 21.7 Å². The van der Waals surface area contributed by atoms with E-state index in [2.05, 4.69) is 32.3 Å². The van der Waals surface area contributed by atoms with Crippen LogP contribution in [0.2, 0.25) is 0 Å². The van der Waals surface area contributed by atoms with Crippen LogP contribution in [-0.4, -0.2) is 47.1 Å². The Morgan fingerprint density at radius 3 is 2.07 bits per heavy atom. The van der Waals surface area contributed by atoms with Gasteiger partial charge >= 0.3 is 0 Å². The molecule has 0 bridgehead atoms. The van der Waals surface area contributed by atoms with Crippen LogP contribution in [0.25, 0.3) is 0 Å². The van der Waals surface area contributed by atoms with E-state index in [9.17, 15) is 0 Å². The van der Waals surface area contributed by atoms with Crippen molar-refractivity contribution in [2.24, 2.45) is 0 Å². The number of hydrogen-bond donors (Lipinski definition) is 0. The first-order chi connectivity index (χ1) is 6.67. The summed E-state index contributed by atoms with van der Waals surface area (Å²) in [6, 6.07) is 1.33. The molecule has 0 aromatic carbocycles. The lowest BCUT2D eigenvalue weighted by Crippen LogP contribution is -2.44. The zero-order chi connectivity index (χ0) is 11.0. The summed E-state index contributed by atoms with van der Waals surface area (Å²) in [5.74, 6) is 0.